The molecule has 42 valence electrons. The Morgan fingerprint density at radius 1 is 0.625 bits per heavy atom. The predicted molar refractivity (Wildman–Crippen MR) is 44.4 cm³/mol. The van der Waals surface area contributed by atoms with Gasteiger partial charge >= 0.3 is 138 Å². The summed E-state index contributed by atoms with van der Waals surface area (Å²) >= 11 is 0. The molecular formula is H13CaKLiNaO4. The van der Waals surface area contributed by atoms with Gasteiger partial charge in [0.25, 0.3) is 0 Å². The minimum absolute atomic E-state index is 0. The Morgan fingerprint density at radius 3 is 0.625 bits per heavy atom. The molecule has 0 aliphatic carbocycles. The van der Waals surface area contributed by atoms with Crippen LogP contribution in [0.5, 0.6) is 0 Å². The molecule has 0 aromatic heterocycles. The molecule has 0 unspecified atom stereocenters. The second-order valence-electron chi connectivity index (χ2n) is 0. The second kappa shape index (κ2) is 64.4. The van der Waals surface area contributed by atoms with Gasteiger partial charge in [-0.25, -0.2) is 0 Å². The van der Waals surface area contributed by atoms with Gasteiger partial charge in [0.1, 0.15) is 0 Å². The van der Waals surface area contributed by atoms with Crippen molar-refractivity contribution in [3.63, 3.8) is 0 Å². The SMILES string of the molecule is O.O.O.O.[CaH2].[KH].[LiH].[NaH]. The average molecular weight is 186 g/mol. The molecule has 0 heterocycles. The molecule has 0 fully saturated rings. The average Bonchev–Trinajstić information content (AvgIpc) is 0. The molecule has 0 radical (unpaired) electrons. The van der Waals surface area contributed by atoms with Crippen LogP contribution in [0, 0.1) is 0 Å². The number of rotatable bonds is 0. The van der Waals surface area contributed by atoms with Gasteiger partial charge < -0.3 is 21.9 Å². The van der Waals surface area contributed by atoms with E-state index in [-0.39, 0.29) is 159 Å². The van der Waals surface area contributed by atoms with Crippen molar-refractivity contribution in [1.82, 2.24) is 0 Å². The Balaban J connectivity index is 0. The van der Waals surface area contributed by atoms with E-state index in [9.17, 15) is 0 Å². The summed E-state index contributed by atoms with van der Waals surface area (Å²) in [6.07, 6.45) is 0. The van der Waals surface area contributed by atoms with Crippen molar-refractivity contribution in [2.45, 2.75) is 0 Å². The quantitative estimate of drug-likeness (QED) is 0.334. The first-order chi connectivity index (χ1) is 0. The summed E-state index contributed by atoms with van der Waals surface area (Å²) in [5.41, 5.74) is 0. The van der Waals surface area contributed by atoms with Crippen LogP contribution >= 0.6 is 0 Å². The molecule has 8 heavy (non-hydrogen) atoms. The molecule has 0 atom stereocenters. The van der Waals surface area contributed by atoms with Gasteiger partial charge in [-0.05, 0) is 0 Å². The zero-order chi connectivity index (χ0) is 0. The molecule has 4 nitrogen and oxygen atoms in total. The van der Waals surface area contributed by atoms with Crippen molar-refractivity contribution in [2.24, 2.45) is 0 Å². The van der Waals surface area contributed by atoms with Crippen LogP contribution in [0.4, 0.5) is 0 Å². The summed E-state index contributed by atoms with van der Waals surface area (Å²) in [5.74, 6) is 0. The van der Waals surface area contributed by atoms with Crippen LogP contribution in [0.2, 0.25) is 0 Å². The summed E-state index contributed by atoms with van der Waals surface area (Å²) < 4.78 is 0. The van der Waals surface area contributed by atoms with Crippen molar-refractivity contribution in [3.05, 3.63) is 0 Å². The molecule has 0 spiro atoms. The van der Waals surface area contributed by atoms with E-state index >= 15 is 0 Å². The van der Waals surface area contributed by atoms with Gasteiger partial charge in [0.05, 0.1) is 0 Å². The molecule has 0 saturated heterocycles. The molecule has 0 bridgehead atoms. The second-order valence-corrected chi connectivity index (χ2v) is 0. The van der Waals surface area contributed by atoms with Gasteiger partial charge in [-0.15, -0.1) is 0 Å². The molecule has 0 rings (SSSR count). The molecule has 0 aromatic rings. The van der Waals surface area contributed by atoms with E-state index < -0.39 is 0 Å². The molecule has 0 amide bonds. The van der Waals surface area contributed by atoms with Gasteiger partial charge in [0, 0.05) is 0 Å². The van der Waals surface area contributed by atoms with E-state index in [2.05, 4.69) is 0 Å². The Labute approximate surface area is 155 Å². The summed E-state index contributed by atoms with van der Waals surface area (Å²) in [5, 5.41) is 0. The third kappa shape index (κ3) is 47.9. The summed E-state index contributed by atoms with van der Waals surface area (Å²) in [6, 6.07) is 0. The van der Waals surface area contributed by atoms with Crippen LogP contribution in [0.1, 0.15) is 0 Å². The Bertz CT molecular complexity index is 16.0. The summed E-state index contributed by atoms with van der Waals surface area (Å²) in [6.45, 7) is 0. The Kier molecular flexibility index (Phi) is 680. The number of hydrogen-bond acceptors (Lipinski definition) is 0. The zero-order valence-electron chi connectivity index (χ0n) is 2.00. The molecule has 0 aliphatic heterocycles. The van der Waals surface area contributed by atoms with Gasteiger partial charge in [-0.2, -0.15) is 0 Å². The predicted octanol–water partition coefficient (Wildman–Crippen LogP) is -6.16. The molecule has 8 N–H and O–H groups in total. The molecule has 0 aliphatic rings. The van der Waals surface area contributed by atoms with Crippen molar-refractivity contribution < 1.29 is 21.9 Å². The van der Waals surface area contributed by atoms with Crippen molar-refractivity contribution in [2.75, 3.05) is 0 Å². The fourth-order valence-corrected chi connectivity index (χ4v) is 0. The van der Waals surface area contributed by atoms with Crippen LogP contribution in [-0.2, 0) is 0 Å². The maximum atomic E-state index is 0. The van der Waals surface area contributed by atoms with E-state index in [1.54, 1.807) is 0 Å². The Morgan fingerprint density at radius 2 is 0.625 bits per heavy atom. The van der Waals surface area contributed by atoms with Crippen LogP contribution in [0.3, 0.4) is 0 Å². The van der Waals surface area contributed by atoms with Crippen LogP contribution in [0.15, 0.2) is 0 Å². The Hall–Kier alpha value is 4.33. The van der Waals surface area contributed by atoms with E-state index in [0.29, 0.717) is 0 Å². The van der Waals surface area contributed by atoms with E-state index in [0.717, 1.165) is 0 Å². The number of hydrogen-bond donors (Lipinski definition) is 0. The maximum absolute atomic E-state index is 0. The monoisotopic (exact) mass is 186 g/mol. The van der Waals surface area contributed by atoms with Crippen molar-refractivity contribution >= 4 is 138 Å². The normalized spacial score (nSPS) is 0. The van der Waals surface area contributed by atoms with Crippen molar-refractivity contribution in [1.29, 1.82) is 0 Å². The molecule has 0 aromatic carbocycles. The first-order valence-corrected chi connectivity index (χ1v) is 0. The first-order valence-electron chi connectivity index (χ1n) is 0. The third-order valence-electron chi connectivity index (χ3n) is 0. The third-order valence-corrected chi connectivity index (χ3v) is 0. The minimum atomic E-state index is 0. The zero-order valence-corrected chi connectivity index (χ0v) is 2.00. The van der Waals surface area contributed by atoms with E-state index in [1.165, 1.54) is 0 Å². The fourth-order valence-electron chi connectivity index (χ4n) is 0. The summed E-state index contributed by atoms with van der Waals surface area (Å²) in [4.78, 5) is 0. The van der Waals surface area contributed by atoms with Gasteiger partial charge in [-0.3, -0.25) is 0 Å². The van der Waals surface area contributed by atoms with Gasteiger partial charge in [0.15, 0.2) is 0 Å². The summed E-state index contributed by atoms with van der Waals surface area (Å²) in [7, 11) is 0. The van der Waals surface area contributed by atoms with Crippen LogP contribution < -0.4 is 0 Å². The van der Waals surface area contributed by atoms with Crippen LogP contribution in [0.25, 0.3) is 0 Å². The molecule has 0 saturated carbocycles. The van der Waals surface area contributed by atoms with Crippen LogP contribution in [-0.4, -0.2) is 159 Å². The first kappa shape index (κ1) is 84.4. The van der Waals surface area contributed by atoms with E-state index in [4.69, 9.17) is 0 Å². The fraction of sp³-hybridized carbons (Fsp3) is 0. The molecular weight excluding hydrogens is 173 g/mol. The standard InChI is InChI=1S/Ca.K.Li.Na.4H2O.5H/h;;;;4*1H2;;;;;. The molecule has 8 heteroatoms. The van der Waals surface area contributed by atoms with E-state index in [1.807, 2.05) is 0 Å². The van der Waals surface area contributed by atoms with Gasteiger partial charge in [0.2, 0.25) is 0 Å². The van der Waals surface area contributed by atoms with Gasteiger partial charge in [-0.1, -0.05) is 0 Å². The van der Waals surface area contributed by atoms with Crippen molar-refractivity contribution in [3.8, 4) is 0 Å². The topological polar surface area (TPSA) is 126 Å².